The molecule has 0 fully saturated rings. The maximum Gasteiger partial charge on any atom is 0.129 e. The minimum Gasteiger partial charge on any atom is -0.384 e. The van der Waals surface area contributed by atoms with E-state index in [1.54, 1.807) is 6.20 Å². The maximum atomic E-state index is 8.78. The van der Waals surface area contributed by atoms with Gasteiger partial charge in [-0.25, -0.2) is 4.98 Å². The van der Waals surface area contributed by atoms with Gasteiger partial charge in [0.2, 0.25) is 0 Å². The molecule has 2 aromatic rings. The SMILES string of the molecule is CC(C)c1ccc(C#CCO)c2cnc(Cl)cc12. The van der Waals surface area contributed by atoms with Crippen molar-refractivity contribution in [3.63, 3.8) is 0 Å². The Bertz CT molecular complexity index is 638. The molecule has 1 aromatic heterocycles. The molecule has 2 rings (SSSR count). The monoisotopic (exact) mass is 259 g/mol. The van der Waals surface area contributed by atoms with Crippen molar-refractivity contribution in [1.29, 1.82) is 0 Å². The molecule has 18 heavy (non-hydrogen) atoms. The number of aliphatic hydroxyl groups is 1. The normalized spacial score (nSPS) is 10.5. The standard InChI is InChI=1S/C15H14ClNO/c1-10(2)12-6-5-11(4-3-7-18)14-9-17-15(16)8-13(12)14/h5-6,8-10,18H,7H2,1-2H3. The Hall–Kier alpha value is -1.56. The number of rotatable bonds is 1. The molecule has 0 saturated carbocycles. The van der Waals surface area contributed by atoms with Gasteiger partial charge in [0.05, 0.1) is 0 Å². The van der Waals surface area contributed by atoms with Crippen molar-refractivity contribution in [2.24, 2.45) is 0 Å². The second-order valence-electron chi connectivity index (χ2n) is 4.37. The van der Waals surface area contributed by atoms with Gasteiger partial charge in [-0.15, -0.1) is 0 Å². The van der Waals surface area contributed by atoms with E-state index in [-0.39, 0.29) is 6.61 Å². The van der Waals surface area contributed by atoms with Crippen LogP contribution in [-0.4, -0.2) is 16.7 Å². The quantitative estimate of drug-likeness (QED) is 0.629. The van der Waals surface area contributed by atoms with Crippen LogP contribution in [-0.2, 0) is 0 Å². The molecule has 0 aliphatic carbocycles. The van der Waals surface area contributed by atoms with Crippen molar-refractivity contribution in [3.8, 4) is 11.8 Å². The summed E-state index contributed by atoms with van der Waals surface area (Å²) in [6.07, 6.45) is 1.74. The van der Waals surface area contributed by atoms with Crippen LogP contribution >= 0.6 is 11.6 Å². The van der Waals surface area contributed by atoms with Crippen molar-refractivity contribution in [3.05, 3.63) is 40.7 Å². The third-order valence-corrected chi connectivity index (χ3v) is 3.03. The second-order valence-corrected chi connectivity index (χ2v) is 4.76. The molecular formula is C15H14ClNO. The van der Waals surface area contributed by atoms with Gasteiger partial charge in [0.15, 0.2) is 0 Å². The Morgan fingerprint density at radius 1 is 1.33 bits per heavy atom. The van der Waals surface area contributed by atoms with E-state index in [0.29, 0.717) is 11.1 Å². The summed E-state index contributed by atoms with van der Waals surface area (Å²) in [5.74, 6) is 6.01. The first-order chi connectivity index (χ1) is 8.63. The van der Waals surface area contributed by atoms with Gasteiger partial charge in [0.25, 0.3) is 0 Å². The van der Waals surface area contributed by atoms with E-state index in [1.807, 2.05) is 12.1 Å². The molecule has 1 heterocycles. The van der Waals surface area contributed by atoms with E-state index < -0.39 is 0 Å². The summed E-state index contributed by atoms with van der Waals surface area (Å²) in [5, 5.41) is 11.3. The lowest BCUT2D eigenvalue weighted by Crippen LogP contribution is -1.93. The summed E-state index contributed by atoms with van der Waals surface area (Å²) in [6, 6.07) is 5.90. The average Bonchev–Trinajstić information content (AvgIpc) is 2.35. The lowest BCUT2D eigenvalue weighted by atomic mass is 9.94. The lowest BCUT2D eigenvalue weighted by molar-refractivity contribution is 0.350. The molecule has 0 unspecified atom stereocenters. The molecule has 0 amide bonds. The molecule has 0 aliphatic heterocycles. The molecule has 1 N–H and O–H groups in total. The maximum absolute atomic E-state index is 8.78. The van der Waals surface area contributed by atoms with Gasteiger partial charge in [0.1, 0.15) is 11.8 Å². The predicted octanol–water partition coefficient (Wildman–Crippen LogP) is 3.36. The Labute approximate surface area is 112 Å². The third-order valence-electron chi connectivity index (χ3n) is 2.83. The number of hydrogen-bond donors (Lipinski definition) is 1. The van der Waals surface area contributed by atoms with Crippen LogP contribution < -0.4 is 0 Å². The fourth-order valence-electron chi connectivity index (χ4n) is 1.98. The number of nitrogens with zero attached hydrogens (tertiary/aromatic N) is 1. The van der Waals surface area contributed by atoms with Gasteiger partial charge in [0, 0.05) is 17.1 Å². The van der Waals surface area contributed by atoms with Crippen LogP contribution in [0.5, 0.6) is 0 Å². The molecule has 3 heteroatoms. The van der Waals surface area contributed by atoms with E-state index in [9.17, 15) is 0 Å². The topological polar surface area (TPSA) is 33.1 Å². The highest BCUT2D eigenvalue weighted by Crippen LogP contribution is 2.28. The zero-order chi connectivity index (χ0) is 13.1. The number of aromatic nitrogens is 1. The van der Waals surface area contributed by atoms with Gasteiger partial charge in [-0.1, -0.05) is 43.4 Å². The fourth-order valence-corrected chi connectivity index (χ4v) is 2.14. The summed E-state index contributed by atoms with van der Waals surface area (Å²) in [6.45, 7) is 4.14. The highest BCUT2D eigenvalue weighted by Gasteiger charge is 2.09. The van der Waals surface area contributed by atoms with E-state index in [0.717, 1.165) is 16.3 Å². The van der Waals surface area contributed by atoms with Gasteiger partial charge >= 0.3 is 0 Å². The highest BCUT2D eigenvalue weighted by atomic mass is 35.5. The number of halogens is 1. The summed E-state index contributed by atoms with van der Waals surface area (Å²) < 4.78 is 0. The van der Waals surface area contributed by atoms with E-state index in [4.69, 9.17) is 16.7 Å². The fraction of sp³-hybridized carbons (Fsp3) is 0.267. The van der Waals surface area contributed by atoms with Crippen LogP contribution in [0.1, 0.15) is 30.9 Å². The third kappa shape index (κ3) is 2.48. The van der Waals surface area contributed by atoms with Crippen LogP contribution in [0.2, 0.25) is 5.15 Å². The molecule has 0 saturated heterocycles. The largest absolute Gasteiger partial charge is 0.384 e. The first-order valence-corrected chi connectivity index (χ1v) is 6.19. The van der Waals surface area contributed by atoms with Crippen LogP contribution in [0.3, 0.4) is 0 Å². The highest BCUT2D eigenvalue weighted by molar-refractivity contribution is 6.30. The number of hydrogen-bond acceptors (Lipinski definition) is 2. The molecule has 0 atom stereocenters. The molecule has 0 aliphatic rings. The van der Waals surface area contributed by atoms with Gasteiger partial charge < -0.3 is 5.11 Å². The lowest BCUT2D eigenvalue weighted by Gasteiger charge is -2.11. The second kappa shape index (κ2) is 5.39. The van der Waals surface area contributed by atoms with Crippen LogP contribution in [0.15, 0.2) is 24.4 Å². The number of pyridine rings is 1. The minimum absolute atomic E-state index is 0.144. The Kier molecular flexibility index (Phi) is 3.86. The summed E-state index contributed by atoms with van der Waals surface area (Å²) in [5.41, 5.74) is 2.09. The molecule has 0 bridgehead atoms. The van der Waals surface area contributed by atoms with Crippen molar-refractivity contribution in [2.75, 3.05) is 6.61 Å². The predicted molar refractivity (Wildman–Crippen MR) is 74.8 cm³/mol. The molecule has 0 spiro atoms. The van der Waals surface area contributed by atoms with Gasteiger partial charge in [-0.2, -0.15) is 0 Å². The Balaban J connectivity index is 2.75. The van der Waals surface area contributed by atoms with Crippen molar-refractivity contribution in [1.82, 2.24) is 4.98 Å². The number of fused-ring (bicyclic) bond motifs is 1. The minimum atomic E-state index is -0.144. The summed E-state index contributed by atoms with van der Waals surface area (Å²) in [7, 11) is 0. The molecule has 1 aromatic carbocycles. The first-order valence-electron chi connectivity index (χ1n) is 5.81. The van der Waals surface area contributed by atoms with Crippen LogP contribution in [0, 0.1) is 11.8 Å². The average molecular weight is 260 g/mol. The number of aliphatic hydroxyl groups excluding tert-OH is 1. The van der Waals surface area contributed by atoms with Crippen molar-refractivity contribution >= 4 is 22.4 Å². The Morgan fingerprint density at radius 2 is 2.11 bits per heavy atom. The smallest absolute Gasteiger partial charge is 0.129 e. The summed E-state index contributed by atoms with van der Waals surface area (Å²) >= 11 is 5.96. The van der Waals surface area contributed by atoms with Crippen molar-refractivity contribution < 1.29 is 5.11 Å². The van der Waals surface area contributed by atoms with E-state index in [2.05, 4.69) is 36.7 Å². The van der Waals surface area contributed by atoms with Crippen LogP contribution in [0.25, 0.3) is 10.8 Å². The van der Waals surface area contributed by atoms with E-state index >= 15 is 0 Å². The molecule has 0 radical (unpaired) electrons. The molecule has 2 nitrogen and oxygen atoms in total. The van der Waals surface area contributed by atoms with Gasteiger partial charge in [-0.3, -0.25) is 0 Å². The first kappa shape index (κ1) is 12.9. The van der Waals surface area contributed by atoms with Gasteiger partial charge in [-0.05, 0) is 29.0 Å². The van der Waals surface area contributed by atoms with Crippen LogP contribution in [0.4, 0.5) is 0 Å². The van der Waals surface area contributed by atoms with E-state index in [1.165, 1.54) is 5.56 Å². The zero-order valence-electron chi connectivity index (χ0n) is 10.4. The zero-order valence-corrected chi connectivity index (χ0v) is 11.1. The molecule has 92 valence electrons. The molecular weight excluding hydrogens is 246 g/mol. The number of benzene rings is 1. The summed E-state index contributed by atoms with van der Waals surface area (Å²) in [4.78, 5) is 4.11. The Morgan fingerprint density at radius 3 is 2.78 bits per heavy atom. The van der Waals surface area contributed by atoms with Crippen molar-refractivity contribution in [2.45, 2.75) is 19.8 Å².